The number of hydrogen-bond donors (Lipinski definition) is 2. The topological polar surface area (TPSA) is 92.7 Å². The van der Waals surface area contributed by atoms with Crippen LogP contribution in [0, 0.1) is 6.92 Å². The molecule has 1 unspecified atom stereocenters. The number of aliphatic carboxylic acids is 1. The van der Waals surface area contributed by atoms with Crippen LogP contribution in [0.1, 0.15) is 12.0 Å². The van der Waals surface area contributed by atoms with Gasteiger partial charge in [0.15, 0.2) is 5.54 Å². The molecule has 1 atom stereocenters. The van der Waals surface area contributed by atoms with Crippen LogP contribution in [-0.4, -0.2) is 38.2 Å². The molecular weight excluding hydrogens is 314 g/mol. The van der Waals surface area contributed by atoms with Gasteiger partial charge in [-0.05, 0) is 18.6 Å². The second-order valence-corrected chi connectivity index (χ2v) is 7.88. The van der Waals surface area contributed by atoms with Crippen molar-refractivity contribution in [3.8, 4) is 0 Å². The van der Waals surface area contributed by atoms with Gasteiger partial charge in [-0.1, -0.05) is 11.6 Å². The second kappa shape index (κ2) is 5.02. The molecule has 6 nitrogen and oxygen atoms in total. The highest BCUT2D eigenvalue weighted by Gasteiger charge is 2.46. The lowest BCUT2D eigenvalue weighted by molar-refractivity contribution is -0.144. The number of carboxylic acids is 1. The van der Waals surface area contributed by atoms with E-state index < -0.39 is 21.5 Å². The quantitative estimate of drug-likeness (QED) is 0.868. The highest BCUT2D eigenvalue weighted by atomic mass is 35.5. The van der Waals surface area contributed by atoms with Gasteiger partial charge in [-0.2, -0.15) is 4.72 Å². The molecule has 1 aromatic heterocycles. The van der Waals surface area contributed by atoms with Gasteiger partial charge in [0.1, 0.15) is 4.21 Å². The Labute approximate surface area is 119 Å². The zero-order chi connectivity index (χ0) is 14.3. The van der Waals surface area contributed by atoms with Gasteiger partial charge >= 0.3 is 5.97 Å². The summed E-state index contributed by atoms with van der Waals surface area (Å²) in [5.41, 5.74) is -0.956. The van der Waals surface area contributed by atoms with Crippen molar-refractivity contribution in [2.24, 2.45) is 0 Å². The Hall–Kier alpha value is -0.670. The van der Waals surface area contributed by atoms with Gasteiger partial charge in [-0.25, -0.2) is 8.42 Å². The molecule has 0 saturated carbocycles. The van der Waals surface area contributed by atoms with Crippen molar-refractivity contribution in [1.29, 1.82) is 0 Å². The lowest BCUT2D eigenvalue weighted by Crippen LogP contribution is -2.54. The summed E-state index contributed by atoms with van der Waals surface area (Å²) < 4.78 is 32.0. The summed E-state index contributed by atoms with van der Waals surface area (Å²) in [6.45, 7) is 1.71. The summed E-state index contributed by atoms with van der Waals surface area (Å²) in [4.78, 5) is 11.3. The fourth-order valence-corrected chi connectivity index (χ4v) is 4.81. The minimum absolute atomic E-state index is 0.00234. The van der Waals surface area contributed by atoms with E-state index in [1.165, 1.54) is 6.07 Å². The van der Waals surface area contributed by atoms with E-state index in [-0.39, 0.29) is 23.8 Å². The number of carboxylic acid groups (broad SMARTS) is 1. The summed E-state index contributed by atoms with van der Waals surface area (Å²) in [5.74, 6) is -1.24. The molecule has 0 radical (unpaired) electrons. The minimum atomic E-state index is -3.93. The molecule has 0 spiro atoms. The molecule has 1 aliphatic heterocycles. The maximum atomic E-state index is 12.2. The van der Waals surface area contributed by atoms with E-state index in [2.05, 4.69) is 4.72 Å². The number of sulfonamides is 1. The van der Waals surface area contributed by atoms with Gasteiger partial charge in [0.2, 0.25) is 0 Å². The third kappa shape index (κ3) is 2.77. The van der Waals surface area contributed by atoms with Crippen LogP contribution in [0.5, 0.6) is 0 Å². The van der Waals surface area contributed by atoms with E-state index in [4.69, 9.17) is 16.3 Å². The first-order valence-corrected chi connectivity index (χ1v) is 8.06. The molecule has 0 amide bonds. The number of aryl methyl sites for hydroxylation is 1. The van der Waals surface area contributed by atoms with Gasteiger partial charge in [-0.15, -0.1) is 11.3 Å². The molecule has 0 aromatic carbocycles. The van der Waals surface area contributed by atoms with E-state index in [1.807, 2.05) is 0 Å². The van der Waals surface area contributed by atoms with E-state index in [0.29, 0.717) is 9.90 Å². The second-order valence-electron chi connectivity index (χ2n) is 4.32. The number of hydrogen-bond acceptors (Lipinski definition) is 5. The van der Waals surface area contributed by atoms with Crippen molar-refractivity contribution >= 4 is 38.9 Å². The first kappa shape index (κ1) is 14.7. The van der Waals surface area contributed by atoms with Crippen LogP contribution in [-0.2, 0) is 19.6 Å². The third-order valence-corrected chi connectivity index (χ3v) is 6.43. The summed E-state index contributed by atoms with van der Waals surface area (Å²) in [6, 6.07) is 1.42. The predicted octanol–water partition coefficient (Wildman–Crippen LogP) is 1.23. The minimum Gasteiger partial charge on any atom is -0.480 e. The number of rotatable bonds is 4. The van der Waals surface area contributed by atoms with Gasteiger partial charge in [0.05, 0.1) is 10.9 Å². The van der Waals surface area contributed by atoms with Crippen molar-refractivity contribution in [2.75, 3.05) is 13.2 Å². The number of nitrogens with one attached hydrogen (secondary N) is 1. The molecule has 0 bridgehead atoms. The summed E-state index contributed by atoms with van der Waals surface area (Å²) in [7, 11) is -3.93. The Morgan fingerprint density at radius 1 is 1.63 bits per heavy atom. The Bertz CT molecular complexity index is 584. The smallest absolute Gasteiger partial charge is 0.327 e. The van der Waals surface area contributed by atoms with Crippen molar-refractivity contribution in [3.63, 3.8) is 0 Å². The number of ether oxygens (including phenoxy) is 1. The largest absolute Gasteiger partial charge is 0.480 e. The van der Waals surface area contributed by atoms with Crippen LogP contribution in [0.4, 0.5) is 0 Å². The van der Waals surface area contributed by atoms with Crippen LogP contribution >= 0.6 is 22.9 Å². The van der Waals surface area contributed by atoms with Gasteiger partial charge < -0.3 is 9.84 Å². The standard InChI is InChI=1S/C10H12ClNO5S2/c1-6-4-7(18-8(6)11)19(15,16)12-10(9(13)14)2-3-17-5-10/h4,12H,2-3,5H2,1H3,(H,13,14). The van der Waals surface area contributed by atoms with E-state index in [1.54, 1.807) is 6.92 Å². The molecular formula is C10H12ClNO5S2. The third-order valence-electron chi connectivity index (χ3n) is 2.86. The fourth-order valence-electron chi connectivity index (χ4n) is 1.73. The Morgan fingerprint density at radius 2 is 2.32 bits per heavy atom. The molecule has 2 N–H and O–H groups in total. The van der Waals surface area contributed by atoms with Crippen molar-refractivity contribution in [3.05, 3.63) is 16.0 Å². The monoisotopic (exact) mass is 325 g/mol. The molecule has 0 aliphatic carbocycles. The fraction of sp³-hybridized carbons (Fsp3) is 0.500. The predicted molar refractivity (Wildman–Crippen MR) is 70.2 cm³/mol. The molecule has 19 heavy (non-hydrogen) atoms. The van der Waals surface area contributed by atoms with E-state index in [9.17, 15) is 18.3 Å². The number of halogens is 1. The highest BCUT2D eigenvalue weighted by molar-refractivity contribution is 7.91. The molecule has 1 aromatic rings. The summed E-state index contributed by atoms with van der Waals surface area (Å²) >= 11 is 6.73. The maximum absolute atomic E-state index is 12.2. The Morgan fingerprint density at radius 3 is 2.74 bits per heavy atom. The molecule has 2 rings (SSSR count). The maximum Gasteiger partial charge on any atom is 0.327 e. The van der Waals surface area contributed by atoms with Crippen molar-refractivity contribution < 1.29 is 23.1 Å². The molecule has 1 aliphatic rings. The lowest BCUT2D eigenvalue weighted by atomic mass is 10.0. The molecule has 9 heteroatoms. The first-order chi connectivity index (χ1) is 8.77. The van der Waals surface area contributed by atoms with Gasteiger partial charge in [0, 0.05) is 13.0 Å². The van der Waals surface area contributed by atoms with Crippen LogP contribution < -0.4 is 4.72 Å². The van der Waals surface area contributed by atoms with Gasteiger partial charge in [-0.3, -0.25) is 4.79 Å². The highest BCUT2D eigenvalue weighted by Crippen LogP contribution is 2.31. The van der Waals surface area contributed by atoms with Crippen LogP contribution in [0.25, 0.3) is 0 Å². The van der Waals surface area contributed by atoms with Crippen molar-refractivity contribution in [2.45, 2.75) is 23.1 Å². The Kier molecular flexibility index (Phi) is 3.90. The van der Waals surface area contributed by atoms with E-state index >= 15 is 0 Å². The lowest BCUT2D eigenvalue weighted by Gasteiger charge is -2.22. The molecule has 2 heterocycles. The van der Waals surface area contributed by atoms with Crippen LogP contribution in [0.15, 0.2) is 10.3 Å². The summed E-state index contributed by atoms with van der Waals surface area (Å²) in [6.07, 6.45) is 0.0969. The SMILES string of the molecule is Cc1cc(S(=O)(=O)NC2(C(=O)O)CCOC2)sc1Cl. The molecule has 1 saturated heterocycles. The Balaban J connectivity index is 2.33. The normalized spacial score (nSPS) is 23.7. The summed E-state index contributed by atoms with van der Waals surface area (Å²) in [5, 5.41) is 9.20. The van der Waals surface area contributed by atoms with Gasteiger partial charge in [0.25, 0.3) is 10.0 Å². The molecule has 106 valence electrons. The number of carbonyl (C=O) groups is 1. The average Bonchev–Trinajstić information content (AvgIpc) is 2.88. The first-order valence-electron chi connectivity index (χ1n) is 5.38. The van der Waals surface area contributed by atoms with Crippen molar-refractivity contribution in [1.82, 2.24) is 4.72 Å². The zero-order valence-electron chi connectivity index (χ0n) is 9.97. The number of thiophene rings is 1. The molecule has 1 fully saturated rings. The zero-order valence-corrected chi connectivity index (χ0v) is 12.4. The van der Waals surface area contributed by atoms with Crippen LogP contribution in [0.2, 0.25) is 4.34 Å². The van der Waals surface area contributed by atoms with Crippen LogP contribution in [0.3, 0.4) is 0 Å². The van der Waals surface area contributed by atoms with E-state index in [0.717, 1.165) is 11.3 Å². The average molecular weight is 326 g/mol.